The maximum Gasteiger partial charge on any atom is 0.270 e. The number of benzene rings is 1. The van der Waals surface area contributed by atoms with E-state index in [2.05, 4.69) is 25.9 Å². The quantitative estimate of drug-likeness (QED) is 0.265. The third-order valence-electron chi connectivity index (χ3n) is 9.20. The molecule has 2 heterocycles. The molecule has 1 saturated heterocycles. The maximum atomic E-state index is 15.6. The maximum absolute atomic E-state index is 15.6. The lowest BCUT2D eigenvalue weighted by molar-refractivity contribution is -0.136. The van der Waals surface area contributed by atoms with E-state index in [9.17, 15) is 19.5 Å². The number of carbonyl (C=O) groups excluding carboxylic acids is 3. The SMILES string of the molecule is CCC(O)N[C@@H](C(=O)N1CCN(C)CC1)[C@@H](C)c1ccc(NC(=O)[C@@H](NC(=O)c2ccnn2C(C)C)C2CCCCC2)c(F)c1. The number of aliphatic hydroxyl groups excluding tert-OH is 1. The van der Waals surface area contributed by atoms with Crippen LogP contribution in [0.15, 0.2) is 30.5 Å². The van der Waals surface area contributed by atoms with Crippen molar-refractivity contribution in [2.45, 2.75) is 96.5 Å². The topological polar surface area (TPSA) is 132 Å². The molecule has 11 nitrogen and oxygen atoms in total. The number of hydrogen-bond acceptors (Lipinski definition) is 7. The summed E-state index contributed by atoms with van der Waals surface area (Å²) in [5.41, 5.74) is 0.931. The molecule has 1 aromatic heterocycles. The van der Waals surface area contributed by atoms with Gasteiger partial charge in [0.1, 0.15) is 23.8 Å². The van der Waals surface area contributed by atoms with Crippen LogP contribution in [0.5, 0.6) is 0 Å². The highest BCUT2D eigenvalue weighted by atomic mass is 19.1. The first-order chi connectivity index (χ1) is 21.5. The summed E-state index contributed by atoms with van der Waals surface area (Å²) in [5.74, 6) is -2.17. The van der Waals surface area contributed by atoms with Crippen LogP contribution in [0.1, 0.15) is 94.2 Å². The number of carbonyl (C=O) groups is 3. The molecule has 45 heavy (non-hydrogen) atoms. The highest BCUT2D eigenvalue weighted by molar-refractivity contribution is 6.00. The zero-order valence-corrected chi connectivity index (χ0v) is 27.3. The van der Waals surface area contributed by atoms with E-state index in [0.29, 0.717) is 30.8 Å². The molecule has 2 fully saturated rings. The van der Waals surface area contributed by atoms with Gasteiger partial charge in [-0.05, 0) is 69.8 Å². The van der Waals surface area contributed by atoms with Crippen molar-refractivity contribution in [1.29, 1.82) is 0 Å². The van der Waals surface area contributed by atoms with E-state index in [1.54, 1.807) is 27.9 Å². The standard InChI is InChI=1S/C33H50FN7O4/c1-6-28(42)37-29(33(45)40-18-16-39(5)17-19-40)22(4)24-12-13-26(25(34)20-24)36-32(44)30(23-10-8-7-9-11-23)38-31(43)27-14-15-35-41(27)21(2)3/h12-15,20-23,28-30,37,42H,6-11,16-19H2,1-5H3,(H,36,44)(H,38,43)/t22-,28?,29+,30-/m0/s1. The van der Waals surface area contributed by atoms with Gasteiger partial charge in [-0.25, -0.2) is 4.39 Å². The average Bonchev–Trinajstić information content (AvgIpc) is 3.54. The first kappa shape index (κ1) is 34.5. The lowest BCUT2D eigenvalue weighted by Crippen LogP contribution is -2.56. The highest BCUT2D eigenvalue weighted by Gasteiger charge is 2.34. The van der Waals surface area contributed by atoms with Gasteiger partial charge in [-0.15, -0.1) is 0 Å². The van der Waals surface area contributed by atoms with E-state index >= 15 is 4.39 Å². The predicted octanol–water partition coefficient (Wildman–Crippen LogP) is 3.48. The molecule has 1 saturated carbocycles. The molecular formula is C33H50FN7O4. The van der Waals surface area contributed by atoms with E-state index in [-0.39, 0.29) is 23.6 Å². The van der Waals surface area contributed by atoms with Crippen molar-refractivity contribution in [3.05, 3.63) is 47.5 Å². The number of piperazine rings is 1. The van der Waals surface area contributed by atoms with E-state index in [1.807, 2.05) is 34.7 Å². The predicted molar refractivity (Wildman–Crippen MR) is 171 cm³/mol. The Labute approximate surface area is 265 Å². The molecule has 4 N–H and O–H groups in total. The van der Waals surface area contributed by atoms with Crippen molar-refractivity contribution in [2.75, 3.05) is 38.5 Å². The number of nitrogens with one attached hydrogen (secondary N) is 3. The number of nitrogens with zero attached hydrogens (tertiary/aromatic N) is 4. The monoisotopic (exact) mass is 627 g/mol. The smallest absolute Gasteiger partial charge is 0.270 e. The summed E-state index contributed by atoms with van der Waals surface area (Å²) in [6, 6.07) is 4.53. The van der Waals surface area contributed by atoms with Crippen LogP contribution < -0.4 is 16.0 Å². The van der Waals surface area contributed by atoms with Crippen molar-refractivity contribution in [3.8, 4) is 0 Å². The Bertz CT molecular complexity index is 1300. The number of halogens is 1. The molecule has 1 unspecified atom stereocenters. The minimum atomic E-state index is -0.886. The minimum Gasteiger partial charge on any atom is -0.379 e. The molecular weight excluding hydrogens is 577 g/mol. The zero-order valence-electron chi connectivity index (χ0n) is 27.3. The largest absolute Gasteiger partial charge is 0.379 e. The molecule has 1 aromatic carbocycles. The molecule has 12 heteroatoms. The van der Waals surface area contributed by atoms with E-state index < -0.39 is 41.9 Å². The van der Waals surface area contributed by atoms with Gasteiger partial charge < -0.3 is 25.5 Å². The second-order valence-electron chi connectivity index (χ2n) is 12.8. The first-order valence-corrected chi connectivity index (χ1v) is 16.4. The molecule has 2 aliphatic rings. The van der Waals surface area contributed by atoms with Crippen molar-refractivity contribution < 1.29 is 23.9 Å². The third kappa shape index (κ3) is 8.68. The number of likely N-dealkylation sites (N-methyl/N-ethyl adjacent to an activating group) is 1. The van der Waals surface area contributed by atoms with Crippen LogP contribution >= 0.6 is 0 Å². The van der Waals surface area contributed by atoms with Gasteiger partial charge in [0.25, 0.3) is 5.91 Å². The summed E-state index contributed by atoms with van der Waals surface area (Å²) in [5, 5.41) is 23.3. The summed E-state index contributed by atoms with van der Waals surface area (Å²) in [4.78, 5) is 44.5. The van der Waals surface area contributed by atoms with Crippen LogP contribution in [-0.2, 0) is 9.59 Å². The molecule has 1 aliphatic carbocycles. The number of aliphatic hydroxyl groups is 1. The number of aromatic nitrogens is 2. The number of anilines is 1. The van der Waals surface area contributed by atoms with Crippen molar-refractivity contribution in [3.63, 3.8) is 0 Å². The lowest BCUT2D eigenvalue weighted by Gasteiger charge is -2.37. The molecule has 0 radical (unpaired) electrons. The molecule has 4 rings (SSSR count). The van der Waals surface area contributed by atoms with Crippen LogP contribution in [0.4, 0.5) is 10.1 Å². The Morgan fingerprint density at radius 1 is 1.04 bits per heavy atom. The Hall–Kier alpha value is -3.35. The fourth-order valence-electron chi connectivity index (χ4n) is 6.28. The molecule has 0 bridgehead atoms. The molecule has 3 amide bonds. The second-order valence-corrected chi connectivity index (χ2v) is 12.8. The van der Waals surface area contributed by atoms with Gasteiger partial charge in [-0.1, -0.05) is 39.2 Å². The van der Waals surface area contributed by atoms with E-state index in [4.69, 9.17) is 0 Å². The van der Waals surface area contributed by atoms with Gasteiger partial charge in [-0.3, -0.25) is 24.4 Å². The summed E-state index contributed by atoms with van der Waals surface area (Å²) in [7, 11) is 2.01. The summed E-state index contributed by atoms with van der Waals surface area (Å²) in [6.45, 7) is 10.2. The second kappa shape index (κ2) is 15.8. The van der Waals surface area contributed by atoms with Crippen LogP contribution in [0.3, 0.4) is 0 Å². The highest BCUT2D eigenvalue weighted by Crippen LogP contribution is 2.29. The van der Waals surface area contributed by atoms with E-state index in [1.165, 1.54) is 12.1 Å². The molecule has 2 aromatic rings. The normalized spacial score (nSPS) is 19.2. The Balaban J connectivity index is 1.51. The average molecular weight is 628 g/mol. The fourth-order valence-corrected chi connectivity index (χ4v) is 6.28. The Kier molecular flexibility index (Phi) is 12.1. The number of amides is 3. The molecule has 1 aliphatic heterocycles. The fraction of sp³-hybridized carbons (Fsp3) is 0.636. The molecule has 4 atom stereocenters. The summed E-state index contributed by atoms with van der Waals surface area (Å²) in [6.07, 6.45) is 5.67. The lowest BCUT2D eigenvalue weighted by atomic mass is 9.83. The molecule has 0 spiro atoms. The third-order valence-corrected chi connectivity index (χ3v) is 9.20. The van der Waals surface area contributed by atoms with E-state index in [0.717, 1.165) is 45.2 Å². The minimum absolute atomic E-state index is 0.00160. The van der Waals surface area contributed by atoms with Crippen molar-refractivity contribution in [1.82, 2.24) is 30.2 Å². The van der Waals surface area contributed by atoms with Crippen molar-refractivity contribution >= 4 is 23.4 Å². The number of hydrogen-bond donors (Lipinski definition) is 4. The van der Waals surface area contributed by atoms with Gasteiger partial charge in [0.05, 0.1) is 11.7 Å². The first-order valence-electron chi connectivity index (χ1n) is 16.4. The Morgan fingerprint density at radius 2 is 1.73 bits per heavy atom. The van der Waals surface area contributed by atoms with Gasteiger partial charge >= 0.3 is 0 Å². The van der Waals surface area contributed by atoms with Gasteiger partial charge in [0, 0.05) is 44.3 Å². The number of rotatable bonds is 12. The van der Waals surface area contributed by atoms with Crippen LogP contribution in [0.25, 0.3) is 0 Å². The van der Waals surface area contributed by atoms with Crippen LogP contribution in [-0.4, -0.2) is 93.9 Å². The zero-order chi connectivity index (χ0) is 32.7. The van der Waals surface area contributed by atoms with Gasteiger partial charge in [0.15, 0.2) is 0 Å². The van der Waals surface area contributed by atoms with Crippen LogP contribution in [0, 0.1) is 11.7 Å². The van der Waals surface area contributed by atoms with Crippen LogP contribution in [0.2, 0.25) is 0 Å². The summed E-state index contributed by atoms with van der Waals surface area (Å²) >= 11 is 0. The molecule has 248 valence electrons. The van der Waals surface area contributed by atoms with Crippen molar-refractivity contribution in [2.24, 2.45) is 5.92 Å². The Morgan fingerprint density at radius 3 is 2.36 bits per heavy atom. The summed E-state index contributed by atoms with van der Waals surface area (Å²) < 4.78 is 17.2. The van der Waals surface area contributed by atoms with Gasteiger partial charge in [-0.2, -0.15) is 5.10 Å². The van der Waals surface area contributed by atoms with Gasteiger partial charge in [0.2, 0.25) is 11.8 Å².